The quantitative estimate of drug-likeness (QED) is 0.690. The van der Waals surface area contributed by atoms with Gasteiger partial charge < -0.3 is 9.73 Å². The molecule has 2 N–H and O–H groups in total. The second kappa shape index (κ2) is 6.78. The van der Waals surface area contributed by atoms with Gasteiger partial charge in [0.1, 0.15) is 5.76 Å². The molecule has 0 saturated heterocycles. The summed E-state index contributed by atoms with van der Waals surface area (Å²) in [4.78, 5) is 0. The predicted molar refractivity (Wildman–Crippen MR) is 67.2 cm³/mol. The van der Waals surface area contributed by atoms with Crippen LogP contribution in [0.3, 0.4) is 0 Å². The minimum atomic E-state index is -3.24. The van der Waals surface area contributed by atoms with E-state index in [1.165, 1.54) is 6.26 Å². The molecule has 0 amide bonds. The van der Waals surface area contributed by atoms with Gasteiger partial charge in [-0.1, -0.05) is 6.92 Å². The van der Waals surface area contributed by atoms with Crippen LogP contribution in [0, 0.1) is 0 Å². The summed E-state index contributed by atoms with van der Waals surface area (Å²) in [6, 6.07) is 3.17. The van der Waals surface area contributed by atoms with Gasteiger partial charge in [0.15, 0.2) is 0 Å². The predicted octanol–water partition coefficient (Wildman–Crippen LogP) is 1.26. The van der Waals surface area contributed by atoms with Crippen LogP contribution in [0.15, 0.2) is 22.8 Å². The highest BCUT2D eigenvalue weighted by atomic mass is 32.2. The number of hydrogen-bond acceptors (Lipinski definition) is 4. The average molecular weight is 260 g/mol. The van der Waals surface area contributed by atoms with Gasteiger partial charge in [-0.25, -0.2) is 13.1 Å². The van der Waals surface area contributed by atoms with E-state index in [9.17, 15) is 8.42 Å². The topological polar surface area (TPSA) is 71.3 Å². The number of sulfonamides is 1. The molecule has 0 aromatic carbocycles. The molecule has 0 aliphatic carbocycles. The Kier molecular flexibility index (Phi) is 5.67. The van der Waals surface area contributed by atoms with E-state index in [2.05, 4.69) is 10.0 Å². The molecular weight excluding hydrogens is 240 g/mol. The maximum atomic E-state index is 11.7. The van der Waals surface area contributed by atoms with Crippen LogP contribution < -0.4 is 10.0 Å². The molecule has 98 valence electrons. The van der Waals surface area contributed by atoms with Crippen molar-refractivity contribution in [2.75, 3.05) is 18.8 Å². The normalized spacial score (nSPS) is 13.8. The zero-order valence-corrected chi connectivity index (χ0v) is 11.1. The second-order valence-electron chi connectivity index (χ2n) is 3.88. The molecule has 1 unspecified atom stereocenters. The van der Waals surface area contributed by atoms with Crippen molar-refractivity contribution in [3.05, 3.63) is 24.2 Å². The van der Waals surface area contributed by atoms with Crippen molar-refractivity contribution in [2.45, 2.75) is 26.3 Å². The minimum Gasteiger partial charge on any atom is -0.468 e. The van der Waals surface area contributed by atoms with Gasteiger partial charge in [0, 0.05) is 0 Å². The van der Waals surface area contributed by atoms with Crippen molar-refractivity contribution in [3.63, 3.8) is 0 Å². The smallest absolute Gasteiger partial charge is 0.212 e. The third-order valence-corrected chi connectivity index (χ3v) is 3.88. The molecule has 17 heavy (non-hydrogen) atoms. The Labute approximate surface area is 103 Å². The Balaban J connectivity index is 2.38. The fourth-order valence-corrected chi connectivity index (χ4v) is 2.79. The third kappa shape index (κ3) is 5.34. The zero-order valence-electron chi connectivity index (χ0n) is 10.3. The molecule has 0 saturated carbocycles. The van der Waals surface area contributed by atoms with Crippen LogP contribution in [0.1, 0.15) is 32.1 Å². The molecule has 0 spiro atoms. The van der Waals surface area contributed by atoms with Crippen LogP contribution in [0.2, 0.25) is 0 Å². The van der Waals surface area contributed by atoms with Crippen LogP contribution in [0.5, 0.6) is 0 Å². The van der Waals surface area contributed by atoms with Gasteiger partial charge in [0.2, 0.25) is 10.0 Å². The summed E-state index contributed by atoms with van der Waals surface area (Å²) >= 11 is 0. The first-order valence-corrected chi connectivity index (χ1v) is 7.44. The maximum Gasteiger partial charge on any atom is 0.212 e. The van der Waals surface area contributed by atoms with Gasteiger partial charge in [-0.05, 0) is 38.6 Å². The molecule has 1 aromatic heterocycles. The molecule has 6 heteroatoms. The molecule has 0 aliphatic rings. The second-order valence-corrected chi connectivity index (χ2v) is 5.75. The van der Waals surface area contributed by atoms with E-state index in [1.54, 1.807) is 19.1 Å². The third-order valence-electron chi connectivity index (χ3n) is 2.34. The SMILES string of the molecule is CCNCCCS(=O)(=O)NC(C)c1ccco1. The lowest BCUT2D eigenvalue weighted by Crippen LogP contribution is -2.30. The molecule has 1 atom stereocenters. The van der Waals surface area contributed by atoms with E-state index >= 15 is 0 Å². The Morgan fingerprint density at radius 3 is 2.82 bits per heavy atom. The molecule has 0 bridgehead atoms. The first-order valence-electron chi connectivity index (χ1n) is 5.79. The van der Waals surface area contributed by atoms with Crippen LogP contribution in [0.4, 0.5) is 0 Å². The molecule has 1 aromatic rings. The fraction of sp³-hybridized carbons (Fsp3) is 0.636. The lowest BCUT2D eigenvalue weighted by Gasteiger charge is -2.11. The summed E-state index contributed by atoms with van der Waals surface area (Å²) in [6.07, 6.45) is 2.14. The first kappa shape index (κ1) is 14.2. The monoisotopic (exact) mass is 260 g/mol. The summed E-state index contributed by atoms with van der Waals surface area (Å²) < 4.78 is 31.2. The molecule has 5 nitrogen and oxygen atoms in total. The molecular formula is C11H20N2O3S. The summed E-state index contributed by atoms with van der Waals surface area (Å²) in [6.45, 7) is 5.33. The number of hydrogen-bond donors (Lipinski definition) is 2. The van der Waals surface area contributed by atoms with Crippen LogP contribution in [-0.4, -0.2) is 27.3 Å². The van der Waals surface area contributed by atoms with Crippen LogP contribution >= 0.6 is 0 Å². The van der Waals surface area contributed by atoms with E-state index in [0.717, 1.165) is 6.54 Å². The Morgan fingerprint density at radius 2 is 2.24 bits per heavy atom. The van der Waals surface area contributed by atoms with Gasteiger partial charge in [-0.2, -0.15) is 0 Å². The Bertz CT molecular complexity index is 400. The van der Waals surface area contributed by atoms with Crippen LogP contribution in [-0.2, 0) is 10.0 Å². The molecule has 1 rings (SSSR count). The maximum absolute atomic E-state index is 11.7. The first-order chi connectivity index (χ1) is 8.05. The average Bonchev–Trinajstić information content (AvgIpc) is 2.77. The van der Waals surface area contributed by atoms with Crippen molar-refractivity contribution < 1.29 is 12.8 Å². The number of nitrogens with one attached hydrogen (secondary N) is 2. The van der Waals surface area contributed by atoms with E-state index in [-0.39, 0.29) is 11.8 Å². The summed E-state index contributed by atoms with van der Waals surface area (Å²) in [7, 11) is -3.24. The van der Waals surface area contributed by atoms with E-state index in [4.69, 9.17) is 4.42 Å². The van der Waals surface area contributed by atoms with Crippen molar-refractivity contribution in [1.29, 1.82) is 0 Å². The highest BCUT2D eigenvalue weighted by molar-refractivity contribution is 7.89. The standard InChI is InChI=1S/C11H20N2O3S/c1-3-12-7-5-9-17(14,15)13-10(2)11-6-4-8-16-11/h4,6,8,10,12-13H,3,5,7,9H2,1-2H3. The summed E-state index contributed by atoms with van der Waals surface area (Å²) in [5, 5.41) is 3.09. The van der Waals surface area contributed by atoms with Crippen molar-refractivity contribution in [3.8, 4) is 0 Å². The highest BCUT2D eigenvalue weighted by Gasteiger charge is 2.16. The largest absolute Gasteiger partial charge is 0.468 e. The molecule has 1 heterocycles. The highest BCUT2D eigenvalue weighted by Crippen LogP contribution is 2.13. The van der Waals surface area contributed by atoms with Gasteiger partial charge in [-0.3, -0.25) is 0 Å². The Morgan fingerprint density at radius 1 is 1.47 bits per heavy atom. The van der Waals surface area contributed by atoms with Gasteiger partial charge in [-0.15, -0.1) is 0 Å². The number of furan rings is 1. The lowest BCUT2D eigenvalue weighted by atomic mass is 10.3. The van der Waals surface area contributed by atoms with Crippen molar-refractivity contribution in [2.24, 2.45) is 0 Å². The van der Waals surface area contributed by atoms with E-state index in [0.29, 0.717) is 18.7 Å². The lowest BCUT2D eigenvalue weighted by molar-refractivity contribution is 0.459. The Hall–Kier alpha value is -0.850. The van der Waals surface area contributed by atoms with Gasteiger partial charge in [0.05, 0.1) is 18.1 Å². The summed E-state index contributed by atoms with van der Waals surface area (Å²) in [5.41, 5.74) is 0. The van der Waals surface area contributed by atoms with Gasteiger partial charge in [0.25, 0.3) is 0 Å². The fourth-order valence-electron chi connectivity index (χ4n) is 1.49. The van der Waals surface area contributed by atoms with Crippen LogP contribution in [0.25, 0.3) is 0 Å². The van der Waals surface area contributed by atoms with Gasteiger partial charge >= 0.3 is 0 Å². The minimum absolute atomic E-state index is 0.130. The van der Waals surface area contributed by atoms with Crippen molar-refractivity contribution in [1.82, 2.24) is 10.0 Å². The number of rotatable bonds is 8. The molecule has 0 aliphatic heterocycles. The molecule has 0 fully saturated rings. The summed E-state index contributed by atoms with van der Waals surface area (Å²) in [5.74, 6) is 0.755. The van der Waals surface area contributed by atoms with E-state index in [1.807, 2.05) is 6.92 Å². The zero-order chi connectivity index (χ0) is 12.7. The van der Waals surface area contributed by atoms with E-state index < -0.39 is 10.0 Å². The molecule has 0 radical (unpaired) electrons. The van der Waals surface area contributed by atoms with Crippen molar-refractivity contribution >= 4 is 10.0 Å².